The third kappa shape index (κ3) is 3.02. The molecule has 0 saturated heterocycles. The highest BCUT2D eigenvalue weighted by Crippen LogP contribution is 2.32. The van der Waals surface area contributed by atoms with Gasteiger partial charge in [-0.25, -0.2) is 4.79 Å². The van der Waals surface area contributed by atoms with Crippen LogP contribution in [-0.2, 0) is 0 Å². The smallest absolute Gasteiger partial charge is 0.349 e. The van der Waals surface area contributed by atoms with Crippen molar-refractivity contribution in [2.75, 3.05) is 0 Å². The molecule has 0 radical (unpaired) electrons. The Morgan fingerprint density at radius 3 is 2.55 bits per heavy atom. The fraction of sp³-hybridized carbons (Fsp3) is 0.250. The fourth-order valence-electron chi connectivity index (χ4n) is 1.55. The van der Waals surface area contributed by atoms with Crippen molar-refractivity contribution < 1.29 is 4.74 Å². The highest BCUT2D eigenvalue weighted by atomic mass is 35.5. The number of benzene rings is 1. The van der Waals surface area contributed by atoms with Crippen LogP contribution in [0, 0.1) is 0 Å². The average Bonchev–Trinajstić information content (AvgIpc) is 2.33. The quantitative estimate of drug-likeness (QED) is 0.940. The lowest BCUT2D eigenvalue weighted by Crippen LogP contribution is -2.30. The van der Waals surface area contributed by atoms with Crippen LogP contribution in [0.1, 0.15) is 13.8 Å². The first-order chi connectivity index (χ1) is 9.38. The number of halogens is 2. The number of nitrogens with zero attached hydrogens (tertiary/aromatic N) is 2. The number of nitrogens with one attached hydrogen (secondary N) is 1. The monoisotopic (exact) mass is 315 g/mol. The second-order valence-electron chi connectivity index (χ2n) is 4.25. The van der Waals surface area contributed by atoms with Crippen LogP contribution < -0.4 is 16.0 Å². The Balaban J connectivity index is 2.61. The summed E-state index contributed by atoms with van der Waals surface area (Å²) in [6, 6.07) is 2.95. The lowest BCUT2D eigenvalue weighted by molar-refractivity contribution is 0.242. The van der Waals surface area contributed by atoms with E-state index in [2.05, 4.69) is 10.1 Å². The Bertz CT molecular complexity index is 752. The standard InChI is InChI=1S/C12H11Cl2N3O3/c1-6(2)20-10-4-9(7(13)3-8(10)14)17-12(19)16-11(18)5-15-17/h3-6H,1-2H3,(H,16,18,19). The molecule has 2 aromatic rings. The molecule has 0 aliphatic rings. The Kier molecular flexibility index (Phi) is 4.15. The minimum atomic E-state index is -0.697. The summed E-state index contributed by atoms with van der Waals surface area (Å²) in [6.07, 6.45) is 0.886. The van der Waals surface area contributed by atoms with Gasteiger partial charge in [0.15, 0.2) is 0 Å². The third-order valence-corrected chi connectivity index (χ3v) is 2.90. The van der Waals surface area contributed by atoms with E-state index in [1.54, 1.807) is 0 Å². The highest BCUT2D eigenvalue weighted by Gasteiger charge is 2.13. The average molecular weight is 316 g/mol. The summed E-state index contributed by atoms with van der Waals surface area (Å²) in [5.74, 6) is 0.376. The molecule has 0 unspecified atom stereocenters. The van der Waals surface area contributed by atoms with Crippen molar-refractivity contribution >= 4 is 23.2 Å². The molecule has 1 N–H and O–H groups in total. The lowest BCUT2D eigenvalue weighted by atomic mass is 10.3. The van der Waals surface area contributed by atoms with Gasteiger partial charge < -0.3 is 4.74 Å². The Hall–Kier alpha value is -1.79. The van der Waals surface area contributed by atoms with Gasteiger partial charge in [-0.3, -0.25) is 9.78 Å². The van der Waals surface area contributed by atoms with Crippen LogP contribution in [0.3, 0.4) is 0 Å². The van der Waals surface area contributed by atoms with Crippen LogP contribution in [0.15, 0.2) is 27.9 Å². The molecule has 2 rings (SSSR count). The Morgan fingerprint density at radius 1 is 1.25 bits per heavy atom. The summed E-state index contributed by atoms with van der Waals surface area (Å²) in [5, 5.41) is 4.28. The van der Waals surface area contributed by atoms with Crippen molar-refractivity contribution in [1.29, 1.82) is 0 Å². The number of hydrogen-bond acceptors (Lipinski definition) is 4. The van der Waals surface area contributed by atoms with E-state index in [9.17, 15) is 9.59 Å². The molecule has 0 saturated carbocycles. The van der Waals surface area contributed by atoms with Gasteiger partial charge in [0.05, 0.1) is 21.8 Å². The molecule has 1 aromatic carbocycles. The molecule has 0 fully saturated rings. The number of ether oxygens (including phenoxy) is 1. The lowest BCUT2D eigenvalue weighted by Gasteiger charge is -2.14. The highest BCUT2D eigenvalue weighted by molar-refractivity contribution is 6.36. The van der Waals surface area contributed by atoms with Gasteiger partial charge in [0, 0.05) is 6.07 Å². The van der Waals surface area contributed by atoms with Crippen LogP contribution in [0.25, 0.3) is 5.69 Å². The third-order valence-electron chi connectivity index (χ3n) is 2.31. The molecule has 0 amide bonds. The van der Waals surface area contributed by atoms with E-state index in [-0.39, 0.29) is 16.8 Å². The largest absolute Gasteiger partial charge is 0.489 e. The Labute approximate surface area is 123 Å². The maximum atomic E-state index is 11.7. The van der Waals surface area contributed by atoms with Gasteiger partial charge in [0.1, 0.15) is 11.9 Å². The van der Waals surface area contributed by atoms with Gasteiger partial charge in [-0.2, -0.15) is 9.78 Å². The summed E-state index contributed by atoms with van der Waals surface area (Å²) < 4.78 is 6.49. The zero-order chi connectivity index (χ0) is 14.9. The van der Waals surface area contributed by atoms with E-state index in [0.717, 1.165) is 10.9 Å². The summed E-state index contributed by atoms with van der Waals surface area (Å²) in [4.78, 5) is 24.8. The molecule has 8 heteroatoms. The molecule has 20 heavy (non-hydrogen) atoms. The normalized spacial score (nSPS) is 10.8. The van der Waals surface area contributed by atoms with Crippen LogP contribution in [0.5, 0.6) is 5.75 Å². The zero-order valence-corrected chi connectivity index (χ0v) is 12.2. The second kappa shape index (κ2) is 5.68. The van der Waals surface area contributed by atoms with Crippen molar-refractivity contribution in [3.8, 4) is 11.4 Å². The topological polar surface area (TPSA) is 77.0 Å². The number of hydrogen-bond donors (Lipinski definition) is 1. The molecule has 1 aromatic heterocycles. The predicted molar refractivity (Wildman–Crippen MR) is 76.2 cm³/mol. The van der Waals surface area contributed by atoms with Gasteiger partial charge in [0.25, 0.3) is 5.56 Å². The van der Waals surface area contributed by atoms with Crippen molar-refractivity contribution in [3.63, 3.8) is 0 Å². The molecule has 0 bridgehead atoms. The first-order valence-corrected chi connectivity index (χ1v) is 6.49. The van der Waals surface area contributed by atoms with Gasteiger partial charge in [-0.1, -0.05) is 23.2 Å². The van der Waals surface area contributed by atoms with Crippen LogP contribution >= 0.6 is 23.2 Å². The zero-order valence-electron chi connectivity index (χ0n) is 10.7. The molecule has 1 heterocycles. The number of rotatable bonds is 3. The van der Waals surface area contributed by atoms with Gasteiger partial charge in [-0.05, 0) is 19.9 Å². The van der Waals surface area contributed by atoms with Gasteiger partial charge >= 0.3 is 5.69 Å². The van der Waals surface area contributed by atoms with E-state index in [0.29, 0.717) is 10.8 Å². The summed E-state index contributed by atoms with van der Waals surface area (Å²) in [6.45, 7) is 3.68. The summed E-state index contributed by atoms with van der Waals surface area (Å²) >= 11 is 12.1. The maximum absolute atomic E-state index is 11.7. The van der Waals surface area contributed by atoms with Crippen LogP contribution in [0.2, 0.25) is 10.0 Å². The van der Waals surface area contributed by atoms with E-state index in [1.165, 1.54) is 12.1 Å². The van der Waals surface area contributed by atoms with Gasteiger partial charge in [0.2, 0.25) is 0 Å². The second-order valence-corrected chi connectivity index (χ2v) is 5.07. The first kappa shape index (κ1) is 14.6. The number of aromatic amines is 1. The molecular formula is C12H11Cl2N3O3. The van der Waals surface area contributed by atoms with Crippen molar-refractivity contribution in [1.82, 2.24) is 14.8 Å². The molecule has 6 nitrogen and oxygen atoms in total. The SMILES string of the molecule is CC(C)Oc1cc(-n2ncc(=O)[nH]c2=O)c(Cl)cc1Cl. The minimum Gasteiger partial charge on any atom is -0.489 e. The molecule has 0 aliphatic heterocycles. The van der Waals surface area contributed by atoms with E-state index in [4.69, 9.17) is 27.9 Å². The number of aromatic nitrogens is 3. The van der Waals surface area contributed by atoms with E-state index >= 15 is 0 Å². The van der Waals surface area contributed by atoms with E-state index < -0.39 is 11.2 Å². The molecule has 0 atom stereocenters. The van der Waals surface area contributed by atoms with Crippen LogP contribution in [0.4, 0.5) is 0 Å². The molecule has 0 aliphatic carbocycles. The summed E-state index contributed by atoms with van der Waals surface area (Å²) in [7, 11) is 0. The van der Waals surface area contributed by atoms with Crippen molar-refractivity contribution in [3.05, 3.63) is 49.2 Å². The Morgan fingerprint density at radius 2 is 1.95 bits per heavy atom. The van der Waals surface area contributed by atoms with E-state index in [1.807, 2.05) is 13.8 Å². The first-order valence-electron chi connectivity index (χ1n) is 5.73. The molecular weight excluding hydrogens is 305 g/mol. The maximum Gasteiger partial charge on any atom is 0.349 e. The van der Waals surface area contributed by atoms with Crippen molar-refractivity contribution in [2.45, 2.75) is 20.0 Å². The minimum absolute atomic E-state index is 0.0956. The summed E-state index contributed by atoms with van der Waals surface area (Å²) in [5.41, 5.74) is -1.01. The molecule has 106 valence electrons. The van der Waals surface area contributed by atoms with Crippen LogP contribution in [-0.4, -0.2) is 20.9 Å². The molecule has 0 spiro atoms. The predicted octanol–water partition coefficient (Wildman–Crippen LogP) is 2.01. The number of H-pyrrole nitrogens is 1. The van der Waals surface area contributed by atoms with Gasteiger partial charge in [-0.15, -0.1) is 0 Å². The fourth-order valence-corrected chi connectivity index (χ4v) is 2.06. The van der Waals surface area contributed by atoms with Crippen molar-refractivity contribution in [2.24, 2.45) is 0 Å².